The Morgan fingerprint density at radius 1 is 1.24 bits per heavy atom. The average Bonchev–Trinajstić information content (AvgIpc) is 2.52. The van der Waals surface area contributed by atoms with Crippen LogP contribution in [0.15, 0.2) is 24.3 Å². The Bertz CT molecular complexity index is 371. The zero-order valence-electron chi connectivity index (χ0n) is 13.3. The standard InChI is InChI=1S/C17H29NO3/c1-3-10-20-11-6-9-18-13-16(19)14-21-17-8-5-7-15(4-2)12-17/h5,7-8,12,16,18-19H,3-4,6,9-11,13-14H2,1-2H3. The van der Waals surface area contributed by atoms with E-state index in [0.29, 0.717) is 13.2 Å². The van der Waals surface area contributed by atoms with E-state index >= 15 is 0 Å². The molecule has 0 aliphatic heterocycles. The quantitative estimate of drug-likeness (QED) is 0.581. The van der Waals surface area contributed by atoms with E-state index in [0.717, 1.165) is 44.8 Å². The molecule has 0 heterocycles. The minimum atomic E-state index is -0.494. The van der Waals surface area contributed by atoms with Gasteiger partial charge in [-0.25, -0.2) is 0 Å². The summed E-state index contributed by atoms with van der Waals surface area (Å²) >= 11 is 0. The van der Waals surface area contributed by atoms with Crippen LogP contribution in [-0.2, 0) is 11.2 Å². The van der Waals surface area contributed by atoms with Crippen molar-refractivity contribution < 1.29 is 14.6 Å². The number of aliphatic hydroxyl groups excluding tert-OH is 1. The first kappa shape index (κ1) is 18.0. The Morgan fingerprint density at radius 2 is 2.10 bits per heavy atom. The van der Waals surface area contributed by atoms with Gasteiger partial charge in [0.25, 0.3) is 0 Å². The number of aliphatic hydroxyl groups is 1. The lowest BCUT2D eigenvalue weighted by atomic mass is 10.2. The second kappa shape index (κ2) is 11.5. The maximum atomic E-state index is 9.86. The van der Waals surface area contributed by atoms with Gasteiger partial charge in [-0.1, -0.05) is 26.0 Å². The molecule has 2 N–H and O–H groups in total. The summed E-state index contributed by atoms with van der Waals surface area (Å²) in [5, 5.41) is 13.1. The second-order valence-electron chi connectivity index (χ2n) is 5.14. The van der Waals surface area contributed by atoms with Crippen molar-refractivity contribution >= 4 is 0 Å². The molecular weight excluding hydrogens is 266 g/mol. The molecule has 21 heavy (non-hydrogen) atoms. The van der Waals surface area contributed by atoms with Gasteiger partial charge >= 0.3 is 0 Å². The molecule has 0 radical (unpaired) electrons. The first-order valence-corrected chi connectivity index (χ1v) is 7.94. The molecule has 0 saturated carbocycles. The molecule has 1 atom stereocenters. The number of hydrogen-bond acceptors (Lipinski definition) is 4. The van der Waals surface area contributed by atoms with Gasteiger partial charge in [0.15, 0.2) is 0 Å². The fraction of sp³-hybridized carbons (Fsp3) is 0.647. The summed E-state index contributed by atoms with van der Waals surface area (Å²) in [6.45, 7) is 7.53. The summed E-state index contributed by atoms with van der Waals surface area (Å²) in [6, 6.07) is 8.00. The van der Waals surface area contributed by atoms with E-state index in [1.54, 1.807) is 0 Å². The smallest absolute Gasteiger partial charge is 0.119 e. The number of ether oxygens (including phenoxy) is 2. The molecule has 1 unspecified atom stereocenters. The Hall–Kier alpha value is -1.10. The molecule has 4 heteroatoms. The van der Waals surface area contributed by atoms with Gasteiger partial charge in [0.05, 0.1) is 0 Å². The molecule has 1 rings (SSSR count). The highest BCUT2D eigenvalue weighted by molar-refractivity contribution is 5.28. The molecule has 4 nitrogen and oxygen atoms in total. The third-order valence-corrected chi connectivity index (χ3v) is 3.12. The number of benzene rings is 1. The molecule has 0 saturated heterocycles. The Labute approximate surface area is 128 Å². The zero-order chi connectivity index (χ0) is 15.3. The predicted octanol–water partition coefficient (Wildman–Crippen LogP) is 2.39. The van der Waals surface area contributed by atoms with Crippen LogP contribution in [0.1, 0.15) is 32.3 Å². The zero-order valence-corrected chi connectivity index (χ0v) is 13.3. The molecule has 0 aliphatic carbocycles. The minimum absolute atomic E-state index is 0.312. The highest BCUT2D eigenvalue weighted by Gasteiger charge is 2.05. The summed E-state index contributed by atoms with van der Waals surface area (Å²) in [4.78, 5) is 0. The highest BCUT2D eigenvalue weighted by atomic mass is 16.5. The van der Waals surface area contributed by atoms with E-state index < -0.39 is 6.10 Å². The third-order valence-electron chi connectivity index (χ3n) is 3.12. The monoisotopic (exact) mass is 295 g/mol. The van der Waals surface area contributed by atoms with Crippen LogP contribution < -0.4 is 10.1 Å². The Balaban J connectivity index is 2.06. The van der Waals surface area contributed by atoms with Gasteiger partial charge in [-0.2, -0.15) is 0 Å². The van der Waals surface area contributed by atoms with Crippen LogP contribution in [0.3, 0.4) is 0 Å². The van der Waals surface area contributed by atoms with Gasteiger partial charge in [-0.15, -0.1) is 0 Å². The lowest BCUT2D eigenvalue weighted by Gasteiger charge is -2.13. The molecule has 1 aromatic carbocycles. The van der Waals surface area contributed by atoms with E-state index in [9.17, 15) is 5.11 Å². The molecule has 0 aliphatic rings. The van der Waals surface area contributed by atoms with E-state index in [2.05, 4.69) is 25.2 Å². The summed E-state index contributed by atoms with van der Waals surface area (Å²) in [6.07, 6.45) is 2.52. The van der Waals surface area contributed by atoms with Gasteiger partial charge in [0.1, 0.15) is 18.5 Å². The fourth-order valence-electron chi connectivity index (χ4n) is 1.92. The molecule has 0 amide bonds. The molecule has 0 bridgehead atoms. The number of nitrogens with one attached hydrogen (secondary N) is 1. The van der Waals surface area contributed by atoms with Crippen molar-refractivity contribution in [1.29, 1.82) is 0 Å². The van der Waals surface area contributed by atoms with Crippen LogP contribution in [0.2, 0.25) is 0 Å². The van der Waals surface area contributed by atoms with Crippen molar-refractivity contribution in [3.8, 4) is 5.75 Å². The molecular formula is C17H29NO3. The molecule has 0 aromatic heterocycles. The third kappa shape index (κ3) is 8.71. The summed E-state index contributed by atoms with van der Waals surface area (Å²) in [5.74, 6) is 0.821. The lowest BCUT2D eigenvalue weighted by molar-refractivity contribution is 0.103. The number of hydrogen-bond donors (Lipinski definition) is 2. The lowest BCUT2D eigenvalue weighted by Crippen LogP contribution is -2.32. The van der Waals surface area contributed by atoms with Crippen molar-refractivity contribution in [1.82, 2.24) is 5.32 Å². The molecule has 1 aromatic rings. The normalized spacial score (nSPS) is 12.3. The SMILES string of the molecule is CCCOCCCNCC(O)COc1cccc(CC)c1. The maximum absolute atomic E-state index is 9.86. The summed E-state index contributed by atoms with van der Waals surface area (Å²) in [5.41, 5.74) is 1.24. The van der Waals surface area contributed by atoms with Crippen LogP contribution in [0.4, 0.5) is 0 Å². The largest absolute Gasteiger partial charge is 0.491 e. The first-order chi connectivity index (χ1) is 10.3. The van der Waals surface area contributed by atoms with Crippen molar-refractivity contribution in [2.45, 2.75) is 39.2 Å². The Morgan fingerprint density at radius 3 is 2.86 bits per heavy atom. The van der Waals surface area contributed by atoms with Crippen LogP contribution in [0, 0.1) is 0 Å². The van der Waals surface area contributed by atoms with Crippen molar-refractivity contribution in [2.24, 2.45) is 0 Å². The van der Waals surface area contributed by atoms with Gasteiger partial charge < -0.3 is 19.9 Å². The summed E-state index contributed by atoms with van der Waals surface area (Å²) in [7, 11) is 0. The van der Waals surface area contributed by atoms with Gasteiger partial charge in [0.2, 0.25) is 0 Å². The fourth-order valence-corrected chi connectivity index (χ4v) is 1.92. The topological polar surface area (TPSA) is 50.7 Å². The minimum Gasteiger partial charge on any atom is -0.491 e. The number of aryl methyl sites for hydroxylation is 1. The van der Waals surface area contributed by atoms with Crippen LogP contribution in [0.5, 0.6) is 5.75 Å². The second-order valence-corrected chi connectivity index (χ2v) is 5.14. The predicted molar refractivity (Wildman–Crippen MR) is 85.9 cm³/mol. The number of rotatable bonds is 12. The van der Waals surface area contributed by atoms with Crippen molar-refractivity contribution in [3.63, 3.8) is 0 Å². The van der Waals surface area contributed by atoms with Gasteiger partial charge in [0, 0.05) is 19.8 Å². The Kier molecular flexibility index (Phi) is 9.87. The molecule has 120 valence electrons. The average molecular weight is 295 g/mol. The summed E-state index contributed by atoms with van der Waals surface area (Å²) < 4.78 is 11.0. The van der Waals surface area contributed by atoms with E-state index in [1.807, 2.05) is 18.2 Å². The maximum Gasteiger partial charge on any atom is 0.119 e. The van der Waals surface area contributed by atoms with Crippen molar-refractivity contribution in [3.05, 3.63) is 29.8 Å². The van der Waals surface area contributed by atoms with E-state index in [1.165, 1.54) is 5.56 Å². The van der Waals surface area contributed by atoms with Crippen molar-refractivity contribution in [2.75, 3.05) is 32.9 Å². The molecule has 0 spiro atoms. The van der Waals surface area contributed by atoms with E-state index in [-0.39, 0.29) is 0 Å². The van der Waals surface area contributed by atoms with Crippen LogP contribution >= 0.6 is 0 Å². The van der Waals surface area contributed by atoms with Crippen LogP contribution in [-0.4, -0.2) is 44.1 Å². The van der Waals surface area contributed by atoms with Crippen LogP contribution in [0.25, 0.3) is 0 Å². The molecule has 0 fully saturated rings. The first-order valence-electron chi connectivity index (χ1n) is 7.94. The van der Waals surface area contributed by atoms with Gasteiger partial charge in [-0.3, -0.25) is 0 Å². The highest BCUT2D eigenvalue weighted by Crippen LogP contribution is 2.13. The van der Waals surface area contributed by atoms with E-state index in [4.69, 9.17) is 9.47 Å². The van der Waals surface area contributed by atoms with Gasteiger partial charge in [-0.05, 0) is 43.5 Å².